The van der Waals surface area contributed by atoms with Crippen LogP contribution in [-0.2, 0) is 0 Å². The van der Waals surface area contributed by atoms with E-state index in [-0.39, 0.29) is 0 Å². The van der Waals surface area contributed by atoms with E-state index in [2.05, 4.69) is 21.5 Å². The van der Waals surface area contributed by atoms with Crippen LogP contribution in [0.3, 0.4) is 0 Å². The fourth-order valence-electron chi connectivity index (χ4n) is 1.16. The van der Waals surface area contributed by atoms with Gasteiger partial charge in [0.2, 0.25) is 0 Å². The number of hydrogen-bond acceptors (Lipinski definition) is 1. The Kier molecular flexibility index (Phi) is 2.27. The second kappa shape index (κ2) is 2.80. The Hall–Kier alpha value is 0.390. The van der Waals surface area contributed by atoms with E-state index in [0.29, 0.717) is 0 Å². The van der Waals surface area contributed by atoms with Gasteiger partial charge in [-0.1, -0.05) is 6.92 Å². The van der Waals surface area contributed by atoms with Crippen LogP contribution < -0.4 is 5.32 Å². The summed E-state index contributed by atoms with van der Waals surface area (Å²) in [6.45, 7) is 3.47. The summed E-state index contributed by atoms with van der Waals surface area (Å²) in [5.74, 6) is 0. The zero-order valence-corrected chi connectivity index (χ0v) is 6.51. The summed E-state index contributed by atoms with van der Waals surface area (Å²) in [7, 11) is 2.84. The van der Waals surface area contributed by atoms with Crippen molar-refractivity contribution in [3.63, 3.8) is 0 Å². The van der Waals surface area contributed by atoms with E-state index in [1.807, 2.05) is 0 Å². The van der Waals surface area contributed by atoms with E-state index >= 15 is 0 Å². The number of rotatable bonds is 1. The highest BCUT2D eigenvalue weighted by molar-refractivity contribution is 7.17. The molecule has 1 N–H and O–H groups in total. The molecule has 0 bridgehead atoms. The summed E-state index contributed by atoms with van der Waals surface area (Å²) in [6.07, 6.45) is 2.73. The van der Waals surface area contributed by atoms with Crippen LogP contribution in [0.25, 0.3) is 0 Å². The Bertz CT molecular complexity index is 66.9. The Morgan fingerprint density at radius 3 is 2.75 bits per heavy atom. The van der Waals surface area contributed by atoms with Gasteiger partial charge in [-0.25, -0.2) is 0 Å². The van der Waals surface area contributed by atoms with Crippen molar-refractivity contribution in [1.82, 2.24) is 5.32 Å². The standard InChI is InChI=1S/C6H14NP/c1-5(8)6-3-2-4-7-6/h5-7H,2-4,8H2,1H3/t5?,6-/m0/s1. The lowest BCUT2D eigenvalue weighted by Crippen LogP contribution is -2.28. The van der Waals surface area contributed by atoms with Gasteiger partial charge in [-0.05, 0) is 25.0 Å². The SMILES string of the molecule is CC(P)[C@@H]1CCCN1. The smallest absolute Gasteiger partial charge is 0.0128 e. The summed E-state index contributed by atoms with van der Waals surface area (Å²) in [5.41, 5.74) is 0.748. The molecule has 0 amide bonds. The topological polar surface area (TPSA) is 12.0 Å². The van der Waals surface area contributed by atoms with Crippen LogP contribution in [-0.4, -0.2) is 18.2 Å². The summed E-state index contributed by atoms with van der Waals surface area (Å²) < 4.78 is 0. The molecule has 1 saturated heterocycles. The molecule has 48 valence electrons. The third-order valence-corrected chi connectivity index (χ3v) is 2.20. The van der Waals surface area contributed by atoms with Crippen molar-refractivity contribution in [2.45, 2.75) is 31.5 Å². The van der Waals surface area contributed by atoms with Crippen LogP contribution in [0.1, 0.15) is 19.8 Å². The molecule has 1 heterocycles. The van der Waals surface area contributed by atoms with Crippen molar-refractivity contribution in [3.05, 3.63) is 0 Å². The first-order valence-corrected chi connectivity index (χ1v) is 3.96. The lowest BCUT2D eigenvalue weighted by atomic mass is 10.2. The van der Waals surface area contributed by atoms with Crippen LogP contribution in [0.2, 0.25) is 0 Å². The highest BCUT2D eigenvalue weighted by atomic mass is 31.0. The van der Waals surface area contributed by atoms with Gasteiger partial charge >= 0.3 is 0 Å². The van der Waals surface area contributed by atoms with E-state index in [1.54, 1.807) is 0 Å². The molecule has 0 aliphatic carbocycles. The van der Waals surface area contributed by atoms with Crippen LogP contribution in [0.4, 0.5) is 0 Å². The van der Waals surface area contributed by atoms with Crippen LogP contribution in [0, 0.1) is 0 Å². The molecule has 2 unspecified atom stereocenters. The molecule has 3 atom stereocenters. The second-order valence-electron chi connectivity index (χ2n) is 2.56. The first-order chi connectivity index (χ1) is 3.80. The fourth-order valence-corrected chi connectivity index (χ4v) is 1.49. The maximum absolute atomic E-state index is 3.44. The normalized spacial score (nSPS) is 33.0. The van der Waals surface area contributed by atoms with Crippen LogP contribution >= 0.6 is 9.24 Å². The second-order valence-corrected chi connectivity index (χ2v) is 3.61. The lowest BCUT2D eigenvalue weighted by Gasteiger charge is -2.12. The predicted molar refractivity (Wildman–Crippen MR) is 40.2 cm³/mol. The fraction of sp³-hybridized carbons (Fsp3) is 1.00. The van der Waals surface area contributed by atoms with Gasteiger partial charge in [0.15, 0.2) is 0 Å². The number of hydrogen-bond donors (Lipinski definition) is 1. The molecule has 0 spiro atoms. The third-order valence-electron chi connectivity index (χ3n) is 1.73. The van der Waals surface area contributed by atoms with Gasteiger partial charge in [-0.15, -0.1) is 9.24 Å². The van der Waals surface area contributed by atoms with Gasteiger partial charge < -0.3 is 5.32 Å². The highest BCUT2D eigenvalue weighted by Crippen LogP contribution is 2.14. The molecule has 0 saturated carbocycles. The van der Waals surface area contributed by atoms with E-state index < -0.39 is 0 Å². The minimum Gasteiger partial charge on any atom is -0.313 e. The monoisotopic (exact) mass is 131 g/mol. The zero-order valence-electron chi connectivity index (χ0n) is 5.35. The maximum atomic E-state index is 3.44. The van der Waals surface area contributed by atoms with E-state index in [1.165, 1.54) is 19.4 Å². The predicted octanol–water partition coefficient (Wildman–Crippen LogP) is 1.00. The van der Waals surface area contributed by atoms with Crippen molar-refractivity contribution in [1.29, 1.82) is 0 Å². The molecule has 1 nitrogen and oxygen atoms in total. The molecule has 1 aliphatic rings. The largest absolute Gasteiger partial charge is 0.313 e. The van der Waals surface area contributed by atoms with Crippen molar-refractivity contribution in [2.24, 2.45) is 0 Å². The van der Waals surface area contributed by atoms with E-state index in [0.717, 1.165) is 11.7 Å². The molecule has 0 aromatic carbocycles. The first-order valence-electron chi connectivity index (χ1n) is 3.29. The van der Waals surface area contributed by atoms with Crippen LogP contribution in [0.5, 0.6) is 0 Å². The third kappa shape index (κ3) is 1.43. The van der Waals surface area contributed by atoms with Crippen molar-refractivity contribution in [2.75, 3.05) is 6.54 Å². The Labute approximate surface area is 53.4 Å². The zero-order chi connectivity index (χ0) is 5.98. The highest BCUT2D eigenvalue weighted by Gasteiger charge is 2.16. The van der Waals surface area contributed by atoms with E-state index in [9.17, 15) is 0 Å². The molecule has 2 heteroatoms. The van der Waals surface area contributed by atoms with Gasteiger partial charge in [0.25, 0.3) is 0 Å². The molecule has 0 radical (unpaired) electrons. The molecular formula is C6H14NP. The van der Waals surface area contributed by atoms with Gasteiger partial charge in [-0.2, -0.15) is 0 Å². The summed E-state index contributed by atoms with van der Waals surface area (Å²) >= 11 is 0. The van der Waals surface area contributed by atoms with E-state index in [4.69, 9.17) is 0 Å². The quantitative estimate of drug-likeness (QED) is 0.523. The minimum absolute atomic E-state index is 0.748. The molecule has 0 aromatic rings. The summed E-state index contributed by atoms with van der Waals surface area (Å²) in [5, 5.41) is 3.44. The maximum Gasteiger partial charge on any atom is 0.0128 e. The van der Waals surface area contributed by atoms with Gasteiger partial charge in [-0.3, -0.25) is 0 Å². The molecule has 1 aliphatic heterocycles. The number of nitrogens with one attached hydrogen (secondary N) is 1. The average molecular weight is 131 g/mol. The molecule has 0 aromatic heterocycles. The first kappa shape index (κ1) is 6.51. The van der Waals surface area contributed by atoms with Gasteiger partial charge in [0.05, 0.1) is 0 Å². The molecule has 1 rings (SSSR count). The molecule has 1 fully saturated rings. The molecular weight excluding hydrogens is 117 g/mol. The Morgan fingerprint density at radius 1 is 1.75 bits per heavy atom. The van der Waals surface area contributed by atoms with Gasteiger partial charge in [0, 0.05) is 6.04 Å². The average Bonchev–Trinajstić information content (AvgIpc) is 2.12. The van der Waals surface area contributed by atoms with Crippen molar-refractivity contribution < 1.29 is 0 Å². The summed E-state index contributed by atoms with van der Waals surface area (Å²) in [4.78, 5) is 0. The Morgan fingerprint density at radius 2 is 2.50 bits per heavy atom. The molecule has 8 heavy (non-hydrogen) atoms. The van der Waals surface area contributed by atoms with Crippen LogP contribution in [0.15, 0.2) is 0 Å². The van der Waals surface area contributed by atoms with Crippen molar-refractivity contribution >= 4 is 9.24 Å². The minimum atomic E-state index is 0.748. The summed E-state index contributed by atoms with van der Waals surface area (Å²) in [6, 6.07) is 0.778. The van der Waals surface area contributed by atoms with Gasteiger partial charge in [0.1, 0.15) is 0 Å². The van der Waals surface area contributed by atoms with Crippen molar-refractivity contribution in [3.8, 4) is 0 Å². The lowest BCUT2D eigenvalue weighted by molar-refractivity contribution is 0.600. The Balaban J connectivity index is 2.24.